The molecule has 33 heavy (non-hydrogen) atoms. The van der Waals surface area contributed by atoms with Crippen molar-refractivity contribution >= 4 is 22.8 Å². The zero-order valence-electron chi connectivity index (χ0n) is 19.6. The standard InChI is InChI=1S/C25H35N7O/c1-2-3-12-27-24-28-17-22-23(29-24)31(25(33)32(22)21-6-4-5-7-21)18-19-8-10-20(11-9-19)30-15-13-26-14-16-30/h8-11,17,21,26H,2-7,12-16,18H2,1H3,(H,27,28,29). The van der Waals surface area contributed by atoms with Crippen LogP contribution in [0.5, 0.6) is 0 Å². The molecular formula is C25H35N7O. The van der Waals surface area contributed by atoms with Crippen LogP contribution in [0.25, 0.3) is 11.2 Å². The average molecular weight is 450 g/mol. The minimum atomic E-state index is 0.0306. The van der Waals surface area contributed by atoms with Crippen LogP contribution in [0.1, 0.15) is 57.1 Å². The van der Waals surface area contributed by atoms with Crippen LogP contribution >= 0.6 is 0 Å². The third-order valence-corrected chi connectivity index (χ3v) is 6.96. The molecule has 0 bridgehead atoms. The van der Waals surface area contributed by atoms with Gasteiger partial charge in [-0.25, -0.2) is 9.78 Å². The summed E-state index contributed by atoms with van der Waals surface area (Å²) in [7, 11) is 0. The van der Waals surface area contributed by atoms with Gasteiger partial charge in [0.15, 0.2) is 5.65 Å². The van der Waals surface area contributed by atoms with Crippen molar-refractivity contribution in [3.8, 4) is 0 Å². The highest BCUT2D eigenvalue weighted by Gasteiger charge is 2.25. The largest absolute Gasteiger partial charge is 0.369 e. The van der Waals surface area contributed by atoms with Gasteiger partial charge in [0, 0.05) is 44.5 Å². The number of rotatable bonds is 8. The molecular weight excluding hydrogens is 414 g/mol. The lowest BCUT2D eigenvalue weighted by atomic mass is 10.2. The van der Waals surface area contributed by atoms with Crippen molar-refractivity contribution in [1.29, 1.82) is 0 Å². The van der Waals surface area contributed by atoms with Gasteiger partial charge in [0.25, 0.3) is 0 Å². The predicted molar refractivity (Wildman–Crippen MR) is 133 cm³/mol. The van der Waals surface area contributed by atoms with E-state index in [1.165, 1.54) is 18.5 Å². The number of anilines is 2. The summed E-state index contributed by atoms with van der Waals surface area (Å²) in [6.45, 7) is 7.61. The molecule has 2 aliphatic rings. The Bertz CT molecular complexity index is 1120. The smallest absolute Gasteiger partial charge is 0.330 e. The summed E-state index contributed by atoms with van der Waals surface area (Å²) < 4.78 is 3.79. The van der Waals surface area contributed by atoms with Crippen molar-refractivity contribution in [3.63, 3.8) is 0 Å². The molecule has 3 aromatic rings. The van der Waals surface area contributed by atoms with Crippen molar-refractivity contribution < 1.29 is 0 Å². The van der Waals surface area contributed by atoms with Crippen LogP contribution < -0.4 is 21.2 Å². The van der Waals surface area contributed by atoms with Crippen molar-refractivity contribution in [2.45, 2.75) is 58.0 Å². The van der Waals surface area contributed by atoms with Crippen molar-refractivity contribution in [2.24, 2.45) is 0 Å². The van der Waals surface area contributed by atoms with Gasteiger partial charge in [-0.15, -0.1) is 0 Å². The Morgan fingerprint density at radius 1 is 1.12 bits per heavy atom. The van der Waals surface area contributed by atoms with Gasteiger partial charge in [0.2, 0.25) is 5.95 Å². The second-order valence-electron chi connectivity index (χ2n) is 9.26. The van der Waals surface area contributed by atoms with Crippen LogP contribution in [0.4, 0.5) is 11.6 Å². The SMILES string of the molecule is CCCCNc1ncc2c(n1)n(Cc1ccc(N3CCNCC3)cc1)c(=O)n2C1CCCC1. The van der Waals surface area contributed by atoms with E-state index in [0.717, 1.165) is 75.1 Å². The Hall–Kier alpha value is -2.87. The monoisotopic (exact) mass is 449 g/mol. The number of hydrogen-bond acceptors (Lipinski definition) is 6. The number of nitrogens with one attached hydrogen (secondary N) is 2. The summed E-state index contributed by atoms with van der Waals surface area (Å²) >= 11 is 0. The summed E-state index contributed by atoms with van der Waals surface area (Å²) in [5, 5.41) is 6.71. The first-order chi connectivity index (χ1) is 16.2. The first kappa shape index (κ1) is 21.9. The lowest BCUT2D eigenvalue weighted by Crippen LogP contribution is -2.43. The van der Waals surface area contributed by atoms with Gasteiger partial charge in [-0.2, -0.15) is 4.98 Å². The van der Waals surface area contributed by atoms with Gasteiger partial charge < -0.3 is 15.5 Å². The molecule has 8 nitrogen and oxygen atoms in total. The minimum Gasteiger partial charge on any atom is -0.369 e. The Kier molecular flexibility index (Phi) is 6.62. The van der Waals surface area contributed by atoms with Crippen molar-refractivity contribution in [1.82, 2.24) is 24.4 Å². The number of hydrogen-bond donors (Lipinski definition) is 2. The molecule has 2 N–H and O–H groups in total. The van der Waals surface area contributed by atoms with Gasteiger partial charge in [-0.05, 0) is 37.0 Å². The number of fused-ring (bicyclic) bond motifs is 1. The third kappa shape index (κ3) is 4.62. The molecule has 3 heterocycles. The number of imidazole rings is 1. The first-order valence-corrected chi connectivity index (χ1v) is 12.5. The van der Waals surface area contributed by atoms with E-state index in [0.29, 0.717) is 12.5 Å². The van der Waals surface area contributed by atoms with E-state index in [4.69, 9.17) is 4.98 Å². The summed E-state index contributed by atoms with van der Waals surface area (Å²) in [5.41, 5.74) is 3.96. The normalized spacial score (nSPS) is 17.2. The van der Waals surface area contributed by atoms with Gasteiger partial charge in [0.05, 0.1) is 12.7 Å². The van der Waals surface area contributed by atoms with Crippen molar-refractivity contribution in [2.75, 3.05) is 42.9 Å². The summed E-state index contributed by atoms with van der Waals surface area (Å²) in [6, 6.07) is 8.89. The lowest BCUT2D eigenvalue weighted by molar-refractivity contribution is 0.505. The number of aromatic nitrogens is 4. The van der Waals surface area contributed by atoms with E-state index in [1.54, 1.807) is 0 Å². The lowest BCUT2D eigenvalue weighted by Gasteiger charge is -2.29. The molecule has 1 aliphatic carbocycles. The fraction of sp³-hybridized carbons (Fsp3) is 0.560. The van der Waals surface area contributed by atoms with Crippen LogP contribution in [0.15, 0.2) is 35.3 Å². The van der Waals surface area contributed by atoms with E-state index >= 15 is 0 Å². The molecule has 0 spiro atoms. The molecule has 0 amide bonds. The molecule has 176 valence electrons. The maximum Gasteiger partial charge on any atom is 0.330 e. The van der Waals surface area contributed by atoms with E-state index in [-0.39, 0.29) is 11.7 Å². The fourth-order valence-corrected chi connectivity index (χ4v) is 5.10. The number of benzene rings is 1. The van der Waals surface area contributed by atoms with Crippen LogP contribution in [-0.4, -0.2) is 51.8 Å². The molecule has 2 fully saturated rings. The Morgan fingerprint density at radius 3 is 2.61 bits per heavy atom. The van der Waals surface area contributed by atoms with Crippen molar-refractivity contribution in [3.05, 3.63) is 46.5 Å². The quantitative estimate of drug-likeness (QED) is 0.513. The average Bonchev–Trinajstić information content (AvgIpc) is 3.47. The Balaban J connectivity index is 1.47. The highest BCUT2D eigenvalue weighted by molar-refractivity contribution is 5.72. The number of piperazine rings is 1. The number of unbranched alkanes of at least 4 members (excludes halogenated alkanes) is 1. The van der Waals surface area contributed by atoms with Gasteiger partial charge in [-0.3, -0.25) is 9.13 Å². The van der Waals surface area contributed by atoms with Gasteiger partial charge in [0.1, 0.15) is 5.52 Å². The molecule has 8 heteroatoms. The molecule has 1 aliphatic heterocycles. The third-order valence-electron chi connectivity index (χ3n) is 6.96. The second-order valence-corrected chi connectivity index (χ2v) is 9.26. The van der Waals surface area contributed by atoms with E-state index in [9.17, 15) is 4.79 Å². The molecule has 0 radical (unpaired) electrons. The van der Waals surface area contributed by atoms with Gasteiger partial charge in [-0.1, -0.05) is 38.3 Å². The zero-order chi connectivity index (χ0) is 22.6. The van der Waals surface area contributed by atoms with Crippen LogP contribution in [0, 0.1) is 0 Å². The summed E-state index contributed by atoms with van der Waals surface area (Å²) in [4.78, 5) is 25.3. The first-order valence-electron chi connectivity index (χ1n) is 12.5. The minimum absolute atomic E-state index is 0.0306. The molecule has 0 unspecified atom stereocenters. The molecule has 2 aromatic heterocycles. The van der Waals surface area contributed by atoms with E-state index < -0.39 is 0 Å². The molecule has 1 saturated heterocycles. The van der Waals surface area contributed by atoms with Crippen LogP contribution in [-0.2, 0) is 6.54 Å². The highest BCUT2D eigenvalue weighted by Crippen LogP contribution is 2.31. The number of nitrogens with zero attached hydrogens (tertiary/aromatic N) is 5. The zero-order valence-corrected chi connectivity index (χ0v) is 19.6. The van der Waals surface area contributed by atoms with E-state index in [1.807, 2.05) is 15.3 Å². The predicted octanol–water partition coefficient (Wildman–Crippen LogP) is 3.38. The molecule has 5 rings (SSSR count). The molecule has 1 saturated carbocycles. The Labute approximate surface area is 195 Å². The maximum absolute atomic E-state index is 13.6. The van der Waals surface area contributed by atoms with E-state index in [2.05, 4.69) is 51.7 Å². The molecule has 1 aromatic carbocycles. The maximum atomic E-state index is 13.6. The highest BCUT2D eigenvalue weighted by atomic mass is 16.1. The van der Waals surface area contributed by atoms with Crippen LogP contribution in [0.2, 0.25) is 0 Å². The van der Waals surface area contributed by atoms with Crippen LogP contribution in [0.3, 0.4) is 0 Å². The summed E-state index contributed by atoms with van der Waals surface area (Å²) in [6.07, 6.45) is 8.46. The topological polar surface area (TPSA) is 80.0 Å². The molecule has 0 atom stereocenters. The summed E-state index contributed by atoms with van der Waals surface area (Å²) in [5.74, 6) is 0.599. The van der Waals surface area contributed by atoms with Gasteiger partial charge >= 0.3 is 5.69 Å². The fourth-order valence-electron chi connectivity index (χ4n) is 5.10. The Morgan fingerprint density at radius 2 is 1.88 bits per heavy atom. The second kappa shape index (κ2) is 9.95.